The molecule has 2 N–H and O–H groups in total. The van der Waals surface area contributed by atoms with E-state index in [1.807, 2.05) is 30.3 Å². The fraction of sp³-hybridized carbons (Fsp3) is 0.579. The van der Waals surface area contributed by atoms with Gasteiger partial charge in [0.05, 0.1) is 11.5 Å². The maximum absolute atomic E-state index is 12.3. The van der Waals surface area contributed by atoms with Crippen LogP contribution in [-0.2, 0) is 26.0 Å². The Labute approximate surface area is 154 Å². The van der Waals surface area contributed by atoms with Crippen molar-refractivity contribution in [3.63, 3.8) is 0 Å². The lowest BCUT2D eigenvalue weighted by Crippen LogP contribution is -2.42. The molecular formula is C19H26N2O4S. The number of carbonyl (C=O) groups excluding carboxylic acids is 2. The number of rotatable bonds is 5. The monoisotopic (exact) mass is 378 g/mol. The molecule has 7 heteroatoms. The smallest absolute Gasteiger partial charge is 0.223 e. The first-order chi connectivity index (χ1) is 12.4. The number of hydrogen-bond acceptors (Lipinski definition) is 4. The Morgan fingerprint density at radius 2 is 1.54 bits per heavy atom. The Kier molecular flexibility index (Phi) is 5.96. The molecule has 1 atom stereocenters. The fourth-order valence-corrected chi connectivity index (χ4v) is 5.45. The first kappa shape index (κ1) is 18.9. The Hall–Kier alpha value is -1.89. The molecule has 0 aromatic heterocycles. The lowest BCUT2D eigenvalue weighted by atomic mass is 9.81. The average molecular weight is 378 g/mol. The van der Waals surface area contributed by atoms with Crippen LogP contribution < -0.4 is 10.6 Å². The summed E-state index contributed by atoms with van der Waals surface area (Å²) in [5.41, 5.74) is 1.07. The first-order valence-electron chi connectivity index (χ1n) is 9.25. The minimum Gasteiger partial charge on any atom is -0.352 e. The van der Waals surface area contributed by atoms with E-state index < -0.39 is 9.84 Å². The molecule has 1 saturated heterocycles. The molecule has 1 aromatic carbocycles. The predicted molar refractivity (Wildman–Crippen MR) is 98.9 cm³/mol. The molecule has 1 heterocycles. The molecule has 1 aliphatic heterocycles. The van der Waals surface area contributed by atoms with Gasteiger partial charge in [-0.15, -0.1) is 0 Å². The van der Waals surface area contributed by atoms with Gasteiger partial charge >= 0.3 is 0 Å². The molecule has 1 unspecified atom stereocenters. The summed E-state index contributed by atoms with van der Waals surface area (Å²) in [5.74, 6) is 0.0401. The van der Waals surface area contributed by atoms with Crippen LogP contribution in [0.3, 0.4) is 0 Å². The fourth-order valence-electron chi connectivity index (χ4n) is 3.78. The van der Waals surface area contributed by atoms with Gasteiger partial charge in [0.25, 0.3) is 0 Å². The number of sulfone groups is 1. The summed E-state index contributed by atoms with van der Waals surface area (Å²) in [6.07, 6.45) is 3.25. The van der Waals surface area contributed by atoms with Gasteiger partial charge in [-0.3, -0.25) is 9.59 Å². The zero-order valence-electron chi connectivity index (χ0n) is 14.8. The van der Waals surface area contributed by atoms with Crippen LogP contribution in [0.5, 0.6) is 0 Å². The van der Waals surface area contributed by atoms with Gasteiger partial charge in [-0.25, -0.2) is 8.42 Å². The van der Waals surface area contributed by atoms with Crippen LogP contribution in [-0.4, -0.2) is 37.8 Å². The highest BCUT2D eigenvalue weighted by atomic mass is 32.2. The van der Waals surface area contributed by atoms with Gasteiger partial charge in [0, 0.05) is 24.4 Å². The molecule has 6 nitrogen and oxygen atoms in total. The summed E-state index contributed by atoms with van der Waals surface area (Å²) in [7, 11) is -2.99. The minimum absolute atomic E-state index is 0.0466. The van der Waals surface area contributed by atoms with Crippen LogP contribution in [0.2, 0.25) is 0 Å². The number of amides is 2. The van der Waals surface area contributed by atoms with Crippen molar-refractivity contribution in [3.05, 3.63) is 35.9 Å². The quantitative estimate of drug-likeness (QED) is 0.810. The van der Waals surface area contributed by atoms with Gasteiger partial charge in [-0.2, -0.15) is 0 Å². The molecular weight excluding hydrogens is 352 g/mol. The molecule has 1 aromatic rings. The zero-order chi connectivity index (χ0) is 18.6. The number of benzene rings is 1. The molecule has 0 spiro atoms. The Bertz CT molecular complexity index is 740. The number of carbonyl (C=O) groups is 2. The van der Waals surface area contributed by atoms with E-state index in [9.17, 15) is 18.0 Å². The van der Waals surface area contributed by atoms with Gasteiger partial charge in [0.2, 0.25) is 11.8 Å². The molecule has 1 saturated carbocycles. The van der Waals surface area contributed by atoms with E-state index in [0.29, 0.717) is 38.6 Å². The molecule has 3 rings (SSSR count). The second-order valence-corrected chi connectivity index (χ2v) is 9.59. The molecule has 2 amide bonds. The standard InChI is InChI=1S/C19H26N2O4S/c22-18(20-12-14-4-2-1-3-5-14)15-6-8-16(9-7-15)19(23)21-17-10-11-26(24,25)13-17/h1-5,15-17H,6-13H2,(H,20,22)(H,21,23). The second kappa shape index (κ2) is 8.20. The SMILES string of the molecule is O=C(NCc1ccccc1)C1CCC(C(=O)NC2CCS(=O)(=O)C2)CC1. The highest BCUT2D eigenvalue weighted by Crippen LogP contribution is 2.29. The molecule has 142 valence electrons. The average Bonchev–Trinajstić information content (AvgIpc) is 2.99. The van der Waals surface area contributed by atoms with Crippen molar-refractivity contribution in [2.45, 2.75) is 44.7 Å². The summed E-state index contributed by atoms with van der Waals surface area (Å²) < 4.78 is 23.0. The molecule has 0 radical (unpaired) electrons. The van der Waals surface area contributed by atoms with Crippen molar-refractivity contribution < 1.29 is 18.0 Å². The van der Waals surface area contributed by atoms with E-state index in [4.69, 9.17) is 0 Å². The molecule has 2 aliphatic rings. The van der Waals surface area contributed by atoms with E-state index in [-0.39, 0.29) is 41.2 Å². The lowest BCUT2D eigenvalue weighted by Gasteiger charge is -2.28. The van der Waals surface area contributed by atoms with E-state index in [0.717, 1.165) is 5.56 Å². The maximum atomic E-state index is 12.3. The van der Waals surface area contributed by atoms with Crippen LogP contribution in [0, 0.1) is 11.8 Å². The Morgan fingerprint density at radius 3 is 2.12 bits per heavy atom. The third kappa shape index (κ3) is 5.06. The first-order valence-corrected chi connectivity index (χ1v) is 11.1. The zero-order valence-corrected chi connectivity index (χ0v) is 15.6. The van der Waals surface area contributed by atoms with Crippen molar-refractivity contribution in [1.29, 1.82) is 0 Å². The predicted octanol–water partition coefficient (Wildman–Crippen LogP) is 1.41. The van der Waals surface area contributed by atoms with Crippen molar-refractivity contribution >= 4 is 21.7 Å². The van der Waals surface area contributed by atoms with Gasteiger partial charge < -0.3 is 10.6 Å². The topological polar surface area (TPSA) is 92.3 Å². The second-order valence-electron chi connectivity index (χ2n) is 7.36. The normalized spacial score (nSPS) is 27.6. The minimum atomic E-state index is -2.99. The summed E-state index contributed by atoms with van der Waals surface area (Å²) >= 11 is 0. The maximum Gasteiger partial charge on any atom is 0.223 e. The van der Waals surface area contributed by atoms with E-state index in [2.05, 4.69) is 10.6 Å². The van der Waals surface area contributed by atoms with E-state index >= 15 is 0 Å². The molecule has 26 heavy (non-hydrogen) atoms. The van der Waals surface area contributed by atoms with Crippen LogP contribution in [0.1, 0.15) is 37.7 Å². The largest absolute Gasteiger partial charge is 0.352 e. The Morgan fingerprint density at radius 1 is 0.923 bits per heavy atom. The molecule has 2 fully saturated rings. The van der Waals surface area contributed by atoms with Gasteiger partial charge in [0.15, 0.2) is 9.84 Å². The van der Waals surface area contributed by atoms with Crippen molar-refractivity contribution in [2.75, 3.05) is 11.5 Å². The highest BCUT2D eigenvalue weighted by Gasteiger charge is 2.33. The third-order valence-electron chi connectivity index (χ3n) is 5.36. The summed E-state index contributed by atoms with van der Waals surface area (Å²) in [6, 6.07) is 9.54. The van der Waals surface area contributed by atoms with Crippen LogP contribution in [0.15, 0.2) is 30.3 Å². The van der Waals surface area contributed by atoms with Gasteiger partial charge in [0.1, 0.15) is 0 Å². The van der Waals surface area contributed by atoms with Gasteiger partial charge in [-0.1, -0.05) is 30.3 Å². The van der Waals surface area contributed by atoms with Gasteiger partial charge in [-0.05, 0) is 37.7 Å². The summed E-state index contributed by atoms with van der Waals surface area (Å²) in [4.78, 5) is 24.7. The van der Waals surface area contributed by atoms with E-state index in [1.54, 1.807) is 0 Å². The van der Waals surface area contributed by atoms with Crippen molar-refractivity contribution in [3.8, 4) is 0 Å². The van der Waals surface area contributed by atoms with Crippen LogP contribution >= 0.6 is 0 Å². The van der Waals surface area contributed by atoms with Crippen molar-refractivity contribution in [1.82, 2.24) is 10.6 Å². The number of nitrogens with one attached hydrogen (secondary N) is 2. The molecule has 1 aliphatic carbocycles. The van der Waals surface area contributed by atoms with Crippen LogP contribution in [0.25, 0.3) is 0 Å². The summed E-state index contributed by atoms with van der Waals surface area (Å²) in [5, 5.41) is 5.85. The van der Waals surface area contributed by atoms with Crippen LogP contribution in [0.4, 0.5) is 0 Å². The van der Waals surface area contributed by atoms with Crippen molar-refractivity contribution in [2.24, 2.45) is 11.8 Å². The Balaban J connectivity index is 1.40. The highest BCUT2D eigenvalue weighted by molar-refractivity contribution is 7.91. The van der Waals surface area contributed by atoms with E-state index in [1.165, 1.54) is 0 Å². The summed E-state index contributed by atoms with van der Waals surface area (Å²) in [6.45, 7) is 0.524. The molecule has 0 bridgehead atoms. The third-order valence-corrected chi connectivity index (χ3v) is 7.13. The lowest BCUT2D eigenvalue weighted by molar-refractivity contribution is -0.130. The number of hydrogen-bond donors (Lipinski definition) is 2.